The van der Waals surface area contributed by atoms with E-state index in [4.69, 9.17) is 15.2 Å². The third-order valence-electron chi connectivity index (χ3n) is 1.14. The summed E-state index contributed by atoms with van der Waals surface area (Å²) in [6.07, 6.45) is 1.74. The van der Waals surface area contributed by atoms with Gasteiger partial charge in [0.25, 0.3) is 0 Å². The highest BCUT2D eigenvalue weighted by atomic mass is 16.6. The van der Waals surface area contributed by atoms with Crippen LogP contribution in [0.3, 0.4) is 0 Å². The molecule has 52 valence electrons. The summed E-state index contributed by atoms with van der Waals surface area (Å²) in [5, 5.41) is 0. The van der Waals surface area contributed by atoms with Crippen molar-refractivity contribution in [3.8, 4) is 0 Å². The van der Waals surface area contributed by atoms with E-state index in [1.54, 1.807) is 6.08 Å². The Labute approximate surface area is 54.4 Å². The van der Waals surface area contributed by atoms with Crippen LogP contribution in [0.5, 0.6) is 0 Å². The molecule has 9 heavy (non-hydrogen) atoms. The zero-order chi connectivity index (χ0) is 6.69. The molecule has 1 aliphatic heterocycles. The van der Waals surface area contributed by atoms with Crippen molar-refractivity contribution in [1.29, 1.82) is 0 Å². The van der Waals surface area contributed by atoms with E-state index in [2.05, 4.69) is 6.58 Å². The second-order valence-electron chi connectivity index (χ2n) is 1.97. The summed E-state index contributed by atoms with van der Waals surface area (Å²) in [4.78, 5) is 0. The highest BCUT2D eigenvalue weighted by Crippen LogP contribution is 2.15. The standard InChI is InChI=1S/C6H11NO2/c1-2-3-8-4-5-6(7)9-5/h2,5-6H,1,3-4,7H2. The van der Waals surface area contributed by atoms with Crippen LogP contribution in [-0.4, -0.2) is 25.5 Å². The number of nitrogens with two attached hydrogens (primary N) is 1. The molecule has 0 saturated carbocycles. The quantitative estimate of drug-likeness (QED) is 0.327. The van der Waals surface area contributed by atoms with Crippen LogP contribution in [0.4, 0.5) is 0 Å². The molecule has 1 fully saturated rings. The van der Waals surface area contributed by atoms with Crippen molar-refractivity contribution < 1.29 is 9.47 Å². The number of epoxide rings is 1. The van der Waals surface area contributed by atoms with Gasteiger partial charge in [-0.25, -0.2) is 0 Å². The second-order valence-corrected chi connectivity index (χ2v) is 1.97. The SMILES string of the molecule is C=CCOCC1OC1N. The lowest BCUT2D eigenvalue weighted by Gasteiger charge is -1.93. The molecule has 2 unspecified atom stereocenters. The summed E-state index contributed by atoms with van der Waals surface area (Å²) < 4.78 is 9.94. The normalized spacial score (nSPS) is 32.1. The van der Waals surface area contributed by atoms with E-state index in [0.29, 0.717) is 13.2 Å². The summed E-state index contributed by atoms with van der Waals surface area (Å²) in [7, 11) is 0. The second kappa shape index (κ2) is 2.96. The molecular formula is C6H11NO2. The molecule has 1 rings (SSSR count). The van der Waals surface area contributed by atoms with Gasteiger partial charge in [0, 0.05) is 0 Å². The first-order chi connectivity index (χ1) is 4.34. The molecule has 0 radical (unpaired) electrons. The van der Waals surface area contributed by atoms with Crippen LogP contribution in [0.2, 0.25) is 0 Å². The Morgan fingerprint density at radius 2 is 2.44 bits per heavy atom. The van der Waals surface area contributed by atoms with Crippen LogP contribution in [0.25, 0.3) is 0 Å². The van der Waals surface area contributed by atoms with E-state index in [9.17, 15) is 0 Å². The fourth-order valence-corrected chi connectivity index (χ4v) is 0.558. The maximum Gasteiger partial charge on any atom is 0.135 e. The third kappa shape index (κ3) is 2.13. The molecule has 2 N–H and O–H groups in total. The number of hydrogen-bond donors (Lipinski definition) is 1. The first kappa shape index (κ1) is 6.74. The zero-order valence-electron chi connectivity index (χ0n) is 5.25. The van der Waals surface area contributed by atoms with Gasteiger partial charge in [-0.05, 0) is 0 Å². The largest absolute Gasteiger partial charge is 0.375 e. The lowest BCUT2D eigenvalue weighted by atomic mass is 10.5. The van der Waals surface area contributed by atoms with Crippen molar-refractivity contribution in [1.82, 2.24) is 0 Å². The fraction of sp³-hybridized carbons (Fsp3) is 0.667. The van der Waals surface area contributed by atoms with Crippen molar-refractivity contribution in [2.24, 2.45) is 5.73 Å². The van der Waals surface area contributed by atoms with Gasteiger partial charge < -0.3 is 15.2 Å². The molecule has 0 amide bonds. The third-order valence-corrected chi connectivity index (χ3v) is 1.14. The zero-order valence-corrected chi connectivity index (χ0v) is 5.25. The monoisotopic (exact) mass is 129 g/mol. The Hall–Kier alpha value is -0.380. The number of ether oxygens (including phenoxy) is 2. The predicted octanol–water partition coefficient (Wildman–Crippen LogP) is -0.127. The summed E-state index contributed by atoms with van der Waals surface area (Å²) in [6, 6.07) is 0. The van der Waals surface area contributed by atoms with Crippen molar-refractivity contribution in [3.05, 3.63) is 12.7 Å². The molecule has 0 bridgehead atoms. The maximum absolute atomic E-state index is 5.32. The van der Waals surface area contributed by atoms with Crippen LogP contribution < -0.4 is 5.73 Å². The molecule has 2 atom stereocenters. The molecular weight excluding hydrogens is 118 g/mol. The van der Waals surface area contributed by atoms with Gasteiger partial charge in [0.05, 0.1) is 13.2 Å². The molecule has 0 aromatic heterocycles. The van der Waals surface area contributed by atoms with Gasteiger partial charge in [-0.2, -0.15) is 0 Å². The number of rotatable bonds is 4. The lowest BCUT2D eigenvalue weighted by molar-refractivity contribution is 0.141. The fourth-order valence-electron chi connectivity index (χ4n) is 0.558. The van der Waals surface area contributed by atoms with Crippen LogP contribution in [0, 0.1) is 0 Å². The van der Waals surface area contributed by atoms with Crippen LogP contribution >= 0.6 is 0 Å². The first-order valence-corrected chi connectivity index (χ1v) is 2.94. The molecule has 0 spiro atoms. The predicted molar refractivity (Wildman–Crippen MR) is 33.9 cm³/mol. The molecule has 3 nitrogen and oxygen atoms in total. The van der Waals surface area contributed by atoms with Gasteiger partial charge in [0.2, 0.25) is 0 Å². The average Bonchev–Trinajstić information content (AvgIpc) is 2.48. The molecule has 3 heteroatoms. The Balaban J connectivity index is 1.88. The lowest BCUT2D eigenvalue weighted by Crippen LogP contribution is -2.10. The summed E-state index contributed by atoms with van der Waals surface area (Å²) >= 11 is 0. The Morgan fingerprint density at radius 1 is 1.78 bits per heavy atom. The van der Waals surface area contributed by atoms with Crippen LogP contribution in [0.15, 0.2) is 12.7 Å². The van der Waals surface area contributed by atoms with Gasteiger partial charge in [0.15, 0.2) is 0 Å². The van der Waals surface area contributed by atoms with Crippen molar-refractivity contribution in [2.75, 3.05) is 13.2 Å². The van der Waals surface area contributed by atoms with E-state index < -0.39 is 0 Å². The van der Waals surface area contributed by atoms with Crippen molar-refractivity contribution in [2.45, 2.75) is 12.3 Å². The van der Waals surface area contributed by atoms with Crippen molar-refractivity contribution in [3.63, 3.8) is 0 Å². The minimum absolute atomic E-state index is 0.0881. The van der Waals surface area contributed by atoms with Gasteiger partial charge >= 0.3 is 0 Å². The molecule has 1 heterocycles. The number of hydrogen-bond acceptors (Lipinski definition) is 3. The van der Waals surface area contributed by atoms with Crippen LogP contribution in [0.1, 0.15) is 0 Å². The molecule has 0 aliphatic carbocycles. The molecule has 1 saturated heterocycles. The smallest absolute Gasteiger partial charge is 0.135 e. The minimum atomic E-state index is -0.0881. The first-order valence-electron chi connectivity index (χ1n) is 2.94. The minimum Gasteiger partial charge on any atom is -0.375 e. The van der Waals surface area contributed by atoms with Crippen LogP contribution in [-0.2, 0) is 9.47 Å². The average molecular weight is 129 g/mol. The van der Waals surface area contributed by atoms with Gasteiger partial charge in [0.1, 0.15) is 12.3 Å². The highest BCUT2D eigenvalue weighted by Gasteiger charge is 2.34. The highest BCUT2D eigenvalue weighted by molar-refractivity contribution is 4.78. The summed E-state index contributed by atoms with van der Waals surface area (Å²) in [5.74, 6) is 0. The Bertz CT molecular complexity index is 105. The van der Waals surface area contributed by atoms with Crippen molar-refractivity contribution >= 4 is 0 Å². The van der Waals surface area contributed by atoms with E-state index in [1.165, 1.54) is 0 Å². The molecule has 0 aromatic carbocycles. The van der Waals surface area contributed by atoms with Gasteiger partial charge in [-0.15, -0.1) is 6.58 Å². The van der Waals surface area contributed by atoms with Gasteiger partial charge in [-0.1, -0.05) is 6.08 Å². The van der Waals surface area contributed by atoms with E-state index in [-0.39, 0.29) is 12.3 Å². The van der Waals surface area contributed by atoms with E-state index in [1.807, 2.05) is 0 Å². The van der Waals surface area contributed by atoms with E-state index >= 15 is 0 Å². The molecule has 1 aliphatic rings. The summed E-state index contributed by atoms with van der Waals surface area (Å²) in [6.45, 7) is 4.67. The topological polar surface area (TPSA) is 47.8 Å². The maximum atomic E-state index is 5.32. The summed E-state index contributed by atoms with van der Waals surface area (Å²) in [5.41, 5.74) is 5.32. The van der Waals surface area contributed by atoms with E-state index in [0.717, 1.165) is 0 Å². The molecule has 0 aromatic rings. The Morgan fingerprint density at radius 3 is 2.89 bits per heavy atom. The van der Waals surface area contributed by atoms with Gasteiger partial charge in [-0.3, -0.25) is 0 Å². The Kier molecular flexibility index (Phi) is 2.22.